The zero-order chi connectivity index (χ0) is 27.0. The first-order chi connectivity index (χ1) is 16.8. The van der Waals surface area contributed by atoms with Crippen molar-refractivity contribution in [1.82, 2.24) is 10.2 Å². The number of nitrogens with zero attached hydrogens (tertiary/aromatic N) is 2. The zero-order valence-electron chi connectivity index (χ0n) is 22.0. The van der Waals surface area contributed by atoms with E-state index in [9.17, 15) is 18.0 Å². The number of carbonyl (C=O) groups excluding carboxylic acids is 2. The van der Waals surface area contributed by atoms with Crippen molar-refractivity contribution in [3.63, 3.8) is 0 Å². The number of nitrogens with one attached hydrogen (secondary N) is 1. The van der Waals surface area contributed by atoms with E-state index in [4.69, 9.17) is 0 Å². The first kappa shape index (κ1) is 29.8. The summed E-state index contributed by atoms with van der Waals surface area (Å²) < 4.78 is 27.3. The summed E-state index contributed by atoms with van der Waals surface area (Å²) >= 11 is 3.42. The summed E-state index contributed by atoms with van der Waals surface area (Å²) in [6.07, 6.45) is 1.62. The highest BCUT2D eigenvalue weighted by atomic mass is 79.9. The molecule has 36 heavy (non-hydrogen) atoms. The summed E-state index contributed by atoms with van der Waals surface area (Å²) in [6.45, 7) is 10.7. The van der Waals surface area contributed by atoms with Gasteiger partial charge in [0.15, 0.2) is 0 Å². The van der Waals surface area contributed by atoms with Crippen LogP contribution in [0.15, 0.2) is 46.9 Å². The molecule has 2 aromatic carbocycles. The van der Waals surface area contributed by atoms with Crippen LogP contribution >= 0.6 is 15.9 Å². The molecule has 1 atom stereocenters. The Hall–Kier alpha value is -2.39. The molecule has 0 aliphatic carbocycles. The molecule has 0 aliphatic heterocycles. The molecule has 7 nitrogen and oxygen atoms in total. The fourth-order valence-electron chi connectivity index (χ4n) is 3.71. The molecule has 1 N–H and O–H groups in total. The predicted molar refractivity (Wildman–Crippen MR) is 149 cm³/mol. The minimum absolute atomic E-state index is 0.120. The van der Waals surface area contributed by atoms with Gasteiger partial charge in [-0.1, -0.05) is 48.0 Å². The Morgan fingerprint density at radius 1 is 1.00 bits per heavy atom. The van der Waals surface area contributed by atoms with Crippen molar-refractivity contribution < 1.29 is 18.0 Å². The first-order valence-electron chi connectivity index (χ1n) is 12.2. The molecule has 0 aromatic heterocycles. The van der Waals surface area contributed by atoms with Gasteiger partial charge in [-0.05, 0) is 74.1 Å². The summed E-state index contributed by atoms with van der Waals surface area (Å²) in [5.74, 6) is -0.107. The molecule has 2 aromatic rings. The van der Waals surface area contributed by atoms with Gasteiger partial charge in [-0.15, -0.1) is 0 Å². The molecular weight excluding hydrogens is 542 g/mol. The summed E-state index contributed by atoms with van der Waals surface area (Å²) in [6, 6.07) is 12.5. The van der Waals surface area contributed by atoms with Gasteiger partial charge >= 0.3 is 0 Å². The van der Waals surface area contributed by atoms with E-state index in [1.807, 2.05) is 64.1 Å². The maximum atomic E-state index is 13.3. The number of aryl methyl sites for hydroxylation is 2. The quantitative estimate of drug-likeness (QED) is 0.391. The van der Waals surface area contributed by atoms with Crippen LogP contribution in [0.1, 0.15) is 50.3 Å². The molecule has 9 heteroatoms. The van der Waals surface area contributed by atoms with E-state index in [1.54, 1.807) is 17.9 Å². The number of benzene rings is 2. The Kier molecular flexibility index (Phi) is 11.0. The van der Waals surface area contributed by atoms with E-state index < -0.39 is 16.1 Å². The lowest BCUT2D eigenvalue weighted by atomic mass is 10.1. The monoisotopic (exact) mass is 579 g/mol. The fourth-order valence-corrected chi connectivity index (χ4v) is 4.93. The number of hydrogen-bond donors (Lipinski definition) is 1. The Morgan fingerprint density at radius 2 is 1.64 bits per heavy atom. The molecule has 0 spiro atoms. The van der Waals surface area contributed by atoms with Gasteiger partial charge in [-0.3, -0.25) is 13.9 Å². The first-order valence-corrected chi connectivity index (χ1v) is 14.8. The molecule has 0 fully saturated rings. The largest absolute Gasteiger partial charge is 0.354 e. The van der Waals surface area contributed by atoms with Gasteiger partial charge in [-0.25, -0.2) is 8.42 Å². The number of hydrogen-bond acceptors (Lipinski definition) is 4. The van der Waals surface area contributed by atoms with Crippen LogP contribution in [0.2, 0.25) is 0 Å². The van der Waals surface area contributed by atoms with Gasteiger partial charge in [0, 0.05) is 30.5 Å². The van der Waals surface area contributed by atoms with Crippen LogP contribution in [0.5, 0.6) is 0 Å². The van der Waals surface area contributed by atoms with Crippen molar-refractivity contribution in [2.75, 3.05) is 23.7 Å². The molecule has 198 valence electrons. The lowest BCUT2D eigenvalue weighted by molar-refractivity contribution is -0.140. The van der Waals surface area contributed by atoms with Crippen LogP contribution in [-0.2, 0) is 26.2 Å². The topological polar surface area (TPSA) is 86.8 Å². The molecule has 0 unspecified atom stereocenters. The van der Waals surface area contributed by atoms with E-state index in [-0.39, 0.29) is 31.3 Å². The van der Waals surface area contributed by atoms with Crippen molar-refractivity contribution in [2.45, 2.75) is 60.0 Å². The Morgan fingerprint density at radius 3 is 2.19 bits per heavy atom. The Balaban J connectivity index is 2.17. The van der Waals surface area contributed by atoms with Gasteiger partial charge in [0.1, 0.15) is 6.04 Å². The second-order valence-corrected chi connectivity index (χ2v) is 12.5. The van der Waals surface area contributed by atoms with Gasteiger partial charge < -0.3 is 10.2 Å². The number of amides is 2. The van der Waals surface area contributed by atoms with Gasteiger partial charge in [0.25, 0.3) is 0 Å². The Bertz CT molecular complexity index is 1150. The van der Waals surface area contributed by atoms with E-state index in [1.165, 1.54) is 10.6 Å². The minimum atomic E-state index is -3.52. The maximum Gasteiger partial charge on any atom is 0.242 e. The maximum absolute atomic E-state index is 13.3. The molecule has 0 radical (unpaired) electrons. The van der Waals surface area contributed by atoms with Crippen molar-refractivity contribution >= 4 is 43.5 Å². The van der Waals surface area contributed by atoms with E-state index in [0.29, 0.717) is 24.6 Å². The number of rotatable bonds is 12. The predicted octanol–water partition coefficient (Wildman–Crippen LogP) is 4.80. The fraction of sp³-hybridized carbons (Fsp3) is 0.481. The standard InChI is InChI=1S/C27H38BrN3O4S/c1-19(2)17-29-27(33)22(5)30(18-23-10-12-24(28)13-11-23)26(32)8-7-15-31(36(6,34)35)25-14-9-20(3)21(4)16-25/h9-14,16,19,22H,7-8,15,17-18H2,1-6H3,(H,29,33)/t22-/m1/s1. The number of anilines is 1. The highest BCUT2D eigenvalue weighted by molar-refractivity contribution is 9.10. The molecule has 0 heterocycles. The van der Waals surface area contributed by atoms with E-state index in [2.05, 4.69) is 21.2 Å². The highest BCUT2D eigenvalue weighted by Crippen LogP contribution is 2.22. The summed E-state index contributed by atoms with van der Waals surface area (Å²) in [4.78, 5) is 27.7. The Labute approximate surface area is 224 Å². The summed E-state index contributed by atoms with van der Waals surface area (Å²) in [5, 5.41) is 2.91. The molecule has 0 bridgehead atoms. The van der Waals surface area contributed by atoms with Gasteiger partial charge in [-0.2, -0.15) is 0 Å². The second kappa shape index (κ2) is 13.2. The second-order valence-electron chi connectivity index (χ2n) is 9.67. The lowest BCUT2D eigenvalue weighted by Gasteiger charge is -2.29. The van der Waals surface area contributed by atoms with Crippen molar-refractivity contribution in [2.24, 2.45) is 5.92 Å². The SMILES string of the molecule is Cc1ccc(N(CCCC(=O)N(Cc2ccc(Br)cc2)[C@H](C)C(=O)NCC(C)C)S(C)(=O)=O)cc1C. The average molecular weight is 581 g/mol. The van der Waals surface area contributed by atoms with Gasteiger partial charge in [0.05, 0.1) is 11.9 Å². The van der Waals surface area contributed by atoms with E-state index in [0.717, 1.165) is 21.2 Å². The van der Waals surface area contributed by atoms with Crippen LogP contribution in [0.25, 0.3) is 0 Å². The third-order valence-electron chi connectivity index (χ3n) is 6.05. The number of carbonyl (C=O) groups is 2. The third kappa shape index (κ3) is 8.92. The summed E-state index contributed by atoms with van der Waals surface area (Å²) in [5.41, 5.74) is 3.57. The molecular formula is C27H38BrN3O4S. The number of sulfonamides is 1. The molecule has 0 aliphatic rings. The molecule has 2 amide bonds. The molecule has 0 saturated carbocycles. The average Bonchev–Trinajstić information content (AvgIpc) is 2.80. The van der Waals surface area contributed by atoms with Crippen LogP contribution in [-0.4, -0.2) is 50.5 Å². The van der Waals surface area contributed by atoms with Crippen LogP contribution < -0.4 is 9.62 Å². The summed E-state index contributed by atoms with van der Waals surface area (Å²) in [7, 11) is -3.52. The van der Waals surface area contributed by atoms with Crippen molar-refractivity contribution in [3.8, 4) is 0 Å². The van der Waals surface area contributed by atoms with Crippen LogP contribution in [0.4, 0.5) is 5.69 Å². The zero-order valence-corrected chi connectivity index (χ0v) is 24.4. The smallest absolute Gasteiger partial charge is 0.242 e. The molecule has 2 rings (SSSR count). The van der Waals surface area contributed by atoms with E-state index >= 15 is 0 Å². The lowest BCUT2D eigenvalue weighted by Crippen LogP contribution is -2.48. The third-order valence-corrected chi connectivity index (χ3v) is 7.77. The van der Waals surface area contributed by atoms with Crippen LogP contribution in [0, 0.1) is 19.8 Å². The van der Waals surface area contributed by atoms with Gasteiger partial charge in [0.2, 0.25) is 21.8 Å². The minimum Gasteiger partial charge on any atom is -0.354 e. The number of halogens is 1. The van der Waals surface area contributed by atoms with Crippen LogP contribution in [0.3, 0.4) is 0 Å². The molecule has 0 saturated heterocycles. The normalized spacial score (nSPS) is 12.3. The van der Waals surface area contributed by atoms with Crippen molar-refractivity contribution in [1.29, 1.82) is 0 Å². The highest BCUT2D eigenvalue weighted by Gasteiger charge is 2.26. The van der Waals surface area contributed by atoms with Crippen molar-refractivity contribution in [3.05, 3.63) is 63.6 Å².